The van der Waals surface area contributed by atoms with Crippen molar-refractivity contribution >= 4 is 16.9 Å². The summed E-state index contributed by atoms with van der Waals surface area (Å²) in [6.45, 7) is 0.178. The van der Waals surface area contributed by atoms with E-state index in [0.717, 1.165) is 29.9 Å². The van der Waals surface area contributed by atoms with Gasteiger partial charge in [-0.3, -0.25) is 4.79 Å². The number of pyridine rings is 1. The Morgan fingerprint density at radius 1 is 0.969 bits per heavy atom. The highest BCUT2D eigenvalue weighted by atomic mass is 19.2. The highest BCUT2D eigenvalue weighted by Gasteiger charge is 2.23. The van der Waals surface area contributed by atoms with Crippen molar-refractivity contribution in [1.82, 2.24) is 4.57 Å². The van der Waals surface area contributed by atoms with E-state index >= 15 is 0 Å². The predicted molar refractivity (Wildman–Crippen MR) is 117 cm³/mol. The number of esters is 1. The third-order valence-corrected chi connectivity index (χ3v) is 5.24. The van der Waals surface area contributed by atoms with Crippen LogP contribution < -0.4 is 10.2 Å². The molecule has 4 rings (SSSR count). The van der Waals surface area contributed by atoms with Crippen LogP contribution in [0.5, 0.6) is 5.75 Å². The summed E-state index contributed by atoms with van der Waals surface area (Å²) in [5.74, 6) is -3.73. The molecule has 7 heteroatoms. The summed E-state index contributed by atoms with van der Waals surface area (Å²) < 4.78 is 39.8. The second-order valence-electron chi connectivity index (χ2n) is 7.16. The van der Waals surface area contributed by atoms with Gasteiger partial charge in [-0.25, -0.2) is 9.18 Å². The smallest absolute Gasteiger partial charge is 0.343 e. The summed E-state index contributed by atoms with van der Waals surface area (Å²) in [6, 6.07) is 18.2. The minimum absolute atomic E-state index is 0.0520. The fraction of sp³-hybridized carbons (Fsp3) is 0.120. The quantitative estimate of drug-likeness (QED) is 0.423. The van der Waals surface area contributed by atoms with Gasteiger partial charge >= 0.3 is 5.97 Å². The largest absolute Gasteiger partial charge is 0.491 e. The average Bonchev–Trinajstić information content (AvgIpc) is 2.82. The number of methoxy groups -OCH3 is 2. The Labute approximate surface area is 182 Å². The van der Waals surface area contributed by atoms with Gasteiger partial charge in [0.2, 0.25) is 11.2 Å². The van der Waals surface area contributed by atoms with Crippen LogP contribution in [0, 0.1) is 11.6 Å². The standard InChI is InChI=1S/C25H19F2NO4/c1-31-24-21(27)20(26)12-18-22(24)28(14-19(23(18)29)25(30)32-2)13-15-8-10-17(11-9-15)16-6-4-3-5-7-16/h3-12,14H,13H2,1-2H3. The van der Waals surface area contributed by atoms with Crippen LogP contribution in [0.15, 0.2) is 71.7 Å². The molecule has 0 N–H and O–H groups in total. The minimum atomic E-state index is -1.24. The first-order valence-corrected chi connectivity index (χ1v) is 9.76. The van der Waals surface area contributed by atoms with Crippen LogP contribution >= 0.6 is 0 Å². The number of aromatic nitrogens is 1. The van der Waals surface area contributed by atoms with E-state index in [1.807, 2.05) is 54.6 Å². The number of hydrogen-bond acceptors (Lipinski definition) is 4. The second kappa shape index (κ2) is 8.63. The van der Waals surface area contributed by atoms with Crippen molar-refractivity contribution in [2.75, 3.05) is 14.2 Å². The van der Waals surface area contributed by atoms with E-state index in [2.05, 4.69) is 0 Å². The van der Waals surface area contributed by atoms with Crippen LogP contribution in [-0.2, 0) is 11.3 Å². The molecule has 0 bridgehead atoms. The van der Waals surface area contributed by atoms with Gasteiger partial charge in [-0.15, -0.1) is 0 Å². The lowest BCUT2D eigenvalue weighted by atomic mass is 10.0. The van der Waals surface area contributed by atoms with E-state index in [1.54, 1.807) is 0 Å². The molecule has 32 heavy (non-hydrogen) atoms. The number of nitrogens with zero attached hydrogens (tertiary/aromatic N) is 1. The summed E-state index contributed by atoms with van der Waals surface area (Å²) >= 11 is 0. The Morgan fingerprint density at radius 3 is 2.25 bits per heavy atom. The van der Waals surface area contributed by atoms with Gasteiger partial charge in [0.1, 0.15) is 5.56 Å². The van der Waals surface area contributed by atoms with Gasteiger partial charge in [-0.05, 0) is 22.8 Å². The molecule has 162 valence electrons. The number of hydrogen-bond donors (Lipinski definition) is 0. The molecule has 0 spiro atoms. The molecule has 0 radical (unpaired) electrons. The van der Waals surface area contributed by atoms with Gasteiger partial charge in [0.15, 0.2) is 11.6 Å². The van der Waals surface area contributed by atoms with Crippen LogP contribution in [0.2, 0.25) is 0 Å². The number of carbonyl (C=O) groups excluding carboxylic acids is 1. The van der Waals surface area contributed by atoms with Crippen molar-refractivity contribution in [1.29, 1.82) is 0 Å². The summed E-state index contributed by atoms with van der Waals surface area (Å²) in [6.07, 6.45) is 1.28. The molecule has 1 aromatic heterocycles. The van der Waals surface area contributed by atoms with E-state index in [0.29, 0.717) is 0 Å². The summed E-state index contributed by atoms with van der Waals surface area (Å²) in [4.78, 5) is 25.0. The third-order valence-electron chi connectivity index (χ3n) is 5.24. The first-order chi connectivity index (χ1) is 15.4. The zero-order valence-electron chi connectivity index (χ0n) is 17.4. The Bertz CT molecular complexity index is 1360. The molecule has 1 heterocycles. The lowest BCUT2D eigenvalue weighted by molar-refractivity contribution is 0.0598. The van der Waals surface area contributed by atoms with Crippen LogP contribution in [0.4, 0.5) is 8.78 Å². The number of rotatable bonds is 5. The van der Waals surface area contributed by atoms with Gasteiger partial charge in [0.05, 0.1) is 25.1 Å². The second-order valence-corrected chi connectivity index (χ2v) is 7.16. The van der Waals surface area contributed by atoms with Gasteiger partial charge in [0, 0.05) is 12.7 Å². The molecule has 5 nitrogen and oxygen atoms in total. The molecule has 0 amide bonds. The first kappa shape index (κ1) is 21.2. The molecular formula is C25H19F2NO4. The molecule has 0 aliphatic carbocycles. The first-order valence-electron chi connectivity index (χ1n) is 9.76. The zero-order valence-corrected chi connectivity index (χ0v) is 17.4. The Balaban J connectivity index is 1.87. The van der Waals surface area contributed by atoms with Crippen LogP contribution in [0.1, 0.15) is 15.9 Å². The Morgan fingerprint density at radius 2 is 1.62 bits per heavy atom. The number of carbonyl (C=O) groups is 1. The zero-order chi connectivity index (χ0) is 22.8. The van der Waals surface area contributed by atoms with Crippen molar-refractivity contribution in [3.05, 3.63) is 99.8 Å². The summed E-state index contributed by atoms with van der Waals surface area (Å²) in [7, 11) is 2.33. The molecular weight excluding hydrogens is 416 g/mol. The maximum absolute atomic E-state index is 14.4. The Kier molecular flexibility index (Phi) is 5.73. The molecule has 0 unspecified atom stereocenters. The van der Waals surface area contributed by atoms with Gasteiger partial charge in [-0.2, -0.15) is 4.39 Å². The number of halogens is 2. The van der Waals surface area contributed by atoms with Crippen LogP contribution in [-0.4, -0.2) is 24.8 Å². The van der Waals surface area contributed by atoms with E-state index in [9.17, 15) is 18.4 Å². The number of ether oxygens (including phenoxy) is 2. The van der Waals surface area contributed by atoms with Crippen molar-refractivity contribution in [3.63, 3.8) is 0 Å². The topological polar surface area (TPSA) is 57.5 Å². The highest BCUT2D eigenvalue weighted by molar-refractivity contribution is 5.95. The minimum Gasteiger partial charge on any atom is -0.491 e. The fourth-order valence-electron chi connectivity index (χ4n) is 3.67. The molecule has 4 aromatic rings. The van der Waals surface area contributed by atoms with E-state index in [-0.39, 0.29) is 23.0 Å². The van der Waals surface area contributed by atoms with E-state index in [1.165, 1.54) is 17.9 Å². The van der Waals surface area contributed by atoms with Crippen molar-refractivity contribution in [2.24, 2.45) is 0 Å². The van der Waals surface area contributed by atoms with Gasteiger partial charge in [-0.1, -0.05) is 54.6 Å². The molecule has 3 aromatic carbocycles. The molecule has 0 aliphatic heterocycles. The van der Waals surface area contributed by atoms with Crippen molar-refractivity contribution in [3.8, 4) is 16.9 Å². The molecule has 0 atom stereocenters. The monoisotopic (exact) mass is 435 g/mol. The maximum Gasteiger partial charge on any atom is 0.343 e. The predicted octanol–water partition coefficient (Wildman–Crippen LogP) is 4.79. The molecule has 0 saturated carbocycles. The van der Waals surface area contributed by atoms with Crippen molar-refractivity contribution < 1.29 is 23.0 Å². The highest BCUT2D eigenvalue weighted by Crippen LogP contribution is 2.30. The van der Waals surface area contributed by atoms with E-state index < -0.39 is 28.8 Å². The normalized spacial score (nSPS) is 10.9. The lowest BCUT2D eigenvalue weighted by Gasteiger charge is -2.16. The third kappa shape index (κ3) is 3.73. The Hall–Kier alpha value is -4.00. The maximum atomic E-state index is 14.4. The van der Waals surface area contributed by atoms with Gasteiger partial charge in [0.25, 0.3) is 0 Å². The fourth-order valence-corrected chi connectivity index (χ4v) is 3.67. The molecule has 0 aliphatic rings. The van der Waals surface area contributed by atoms with Gasteiger partial charge < -0.3 is 14.0 Å². The van der Waals surface area contributed by atoms with E-state index in [4.69, 9.17) is 9.47 Å². The average molecular weight is 435 g/mol. The van der Waals surface area contributed by atoms with Crippen molar-refractivity contribution in [2.45, 2.75) is 6.54 Å². The summed E-state index contributed by atoms with van der Waals surface area (Å²) in [5, 5.41) is -0.176. The number of fused-ring (bicyclic) bond motifs is 1. The number of benzene rings is 3. The molecule has 0 saturated heterocycles. The summed E-state index contributed by atoms with van der Waals surface area (Å²) in [5.41, 5.74) is 1.89. The lowest BCUT2D eigenvalue weighted by Crippen LogP contribution is -2.21. The molecule has 0 fully saturated rings. The van der Waals surface area contributed by atoms with Crippen LogP contribution in [0.25, 0.3) is 22.0 Å². The SMILES string of the molecule is COC(=O)c1cn(Cc2ccc(-c3ccccc3)cc2)c2c(OC)c(F)c(F)cc2c1=O. The van der Waals surface area contributed by atoms with Crippen LogP contribution in [0.3, 0.4) is 0 Å².